The van der Waals surface area contributed by atoms with Gasteiger partial charge < -0.3 is 15.5 Å². The number of rotatable bonds is 2. The number of aromatic amines is 1. The molecule has 0 atom stereocenters. The highest BCUT2D eigenvalue weighted by molar-refractivity contribution is 6.31. The van der Waals surface area contributed by atoms with Crippen molar-refractivity contribution in [3.8, 4) is 16.9 Å². The quantitative estimate of drug-likeness (QED) is 0.762. The number of aromatic nitrogens is 1. The molecule has 0 fully saturated rings. The summed E-state index contributed by atoms with van der Waals surface area (Å²) in [5.41, 5.74) is 7.88. The molecule has 0 saturated heterocycles. The van der Waals surface area contributed by atoms with Crippen LogP contribution in [0.2, 0.25) is 5.02 Å². The van der Waals surface area contributed by atoms with Crippen LogP contribution in [0.1, 0.15) is 0 Å². The molecule has 0 aliphatic carbocycles. The van der Waals surface area contributed by atoms with E-state index in [2.05, 4.69) is 4.98 Å². The van der Waals surface area contributed by atoms with E-state index in [-0.39, 0.29) is 11.2 Å². The number of fused-ring (bicyclic) bond motifs is 1. The van der Waals surface area contributed by atoms with Gasteiger partial charge in [-0.25, -0.2) is 0 Å². The number of H-pyrrole nitrogens is 1. The summed E-state index contributed by atoms with van der Waals surface area (Å²) in [6, 6.07) is 12.7. The molecule has 106 valence electrons. The van der Waals surface area contributed by atoms with Crippen molar-refractivity contribution in [2.75, 3.05) is 12.8 Å². The van der Waals surface area contributed by atoms with Crippen LogP contribution in [0.3, 0.4) is 0 Å². The number of pyridine rings is 1. The normalized spacial score (nSPS) is 10.8. The van der Waals surface area contributed by atoms with Gasteiger partial charge in [0.2, 0.25) is 0 Å². The summed E-state index contributed by atoms with van der Waals surface area (Å²) >= 11 is 6.08. The number of methoxy groups -OCH3 is 1. The van der Waals surface area contributed by atoms with Gasteiger partial charge in [0, 0.05) is 27.1 Å². The summed E-state index contributed by atoms with van der Waals surface area (Å²) in [5, 5.41) is 1.39. The molecule has 1 aromatic heterocycles. The van der Waals surface area contributed by atoms with Crippen molar-refractivity contribution in [1.29, 1.82) is 0 Å². The number of nitrogens with one attached hydrogen (secondary N) is 1. The highest BCUT2D eigenvalue weighted by Crippen LogP contribution is 2.38. The van der Waals surface area contributed by atoms with Crippen molar-refractivity contribution >= 4 is 28.2 Å². The van der Waals surface area contributed by atoms with E-state index >= 15 is 0 Å². The molecule has 2 aromatic carbocycles. The minimum atomic E-state index is -0.328. The molecular weight excluding hydrogens is 288 g/mol. The van der Waals surface area contributed by atoms with E-state index in [1.807, 2.05) is 24.3 Å². The second-order valence-corrected chi connectivity index (χ2v) is 5.07. The third-order valence-corrected chi connectivity index (χ3v) is 3.62. The molecule has 5 heteroatoms. The third kappa shape index (κ3) is 2.23. The number of halogens is 1. The molecule has 3 rings (SSSR count). The Balaban J connectivity index is 2.47. The van der Waals surface area contributed by atoms with Gasteiger partial charge in [-0.3, -0.25) is 4.79 Å². The Morgan fingerprint density at radius 3 is 2.71 bits per heavy atom. The summed E-state index contributed by atoms with van der Waals surface area (Å²) in [4.78, 5) is 14.8. The van der Waals surface area contributed by atoms with Gasteiger partial charge in [-0.2, -0.15) is 0 Å². The summed E-state index contributed by atoms with van der Waals surface area (Å²) in [5.74, 6) is 0.613. The van der Waals surface area contributed by atoms with Gasteiger partial charge in [-0.05, 0) is 24.3 Å². The van der Waals surface area contributed by atoms with Crippen LogP contribution in [0.25, 0.3) is 22.0 Å². The van der Waals surface area contributed by atoms with E-state index < -0.39 is 0 Å². The zero-order valence-corrected chi connectivity index (χ0v) is 12.1. The van der Waals surface area contributed by atoms with Gasteiger partial charge in [-0.1, -0.05) is 29.8 Å². The lowest BCUT2D eigenvalue weighted by molar-refractivity contribution is 0.416. The number of ether oxygens (including phenoxy) is 1. The maximum atomic E-state index is 12.1. The van der Waals surface area contributed by atoms with Crippen molar-refractivity contribution in [1.82, 2.24) is 4.98 Å². The molecule has 3 aromatic rings. The third-order valence-electron chi connectivity index (χ3n) is 3.39. The van der Waals surface area contributed by atoms with Gasteiger partial charge >= 0.3 is 0 Å². The standard InChI is InChI=1S/C16H13ClN2O2/c1-21-13-7-6-9(17)8-11(13)14-10-4-2-3-5-12(10)19-16(20)15(14)18/h2-8H,18H2,1H3,(H,19,20). The van der Waals surface area contributed by atoms with Crippen molar-refractivity contribution in [3.63, 3.8) is 0 Å². The van der Waals surface area contributed by atoms with Gasteiger partial charge in [0.1, 0.15) is 11.4 Å². The lowest BCUT2D eigenvalue weighted by atomic mass is 9.98. The van der Waals surface area contributed by atoms with E-state index in [0.717, 1.165) is 5.39 Å². The van der Waals surface area contributed by atoms with Gasteiger partial charge in [0.15, 0.2) is 0 Å². The minimum absolute atomic E-state index is 0.147. The Morgan fingerprint density at radius 2 is 1.95 bits per heavy atom. The molecule has 21 heavy (non-hydrogen) atoms. The number of benzene rings is 2. The van der Waals surface area contributed by atoms with Crippen LogP contribution in [0, 0.1) is 0 Å². The summed E-state index contributed by atoms with van der Waals surface area (Å²) in [6.07, 6.45) is 0. The molecule has 0 unspecified atom stereocenters. The van der Waals surface area contributed by atoms with Crippen LogP contribution in [0.15, 0.2) is 47.3 Å². The fraction of sp³-hybridized carbons (Fsp3) is 0.0625. The zero-order valence-electron chi connectivity index (χ0n) is 11.3. The average molecular weight is 301 g/mol. The topological polar surface area (TPSA) is 68.1 Å². The fourth-order valence-corrected chi connectivity index (χ4v) is 2.60. The number of nitrogen functional groups attached to an aromatic ring is 1. The Bertz CT molecular complexity index is 887. The summed E-state index contributed by atoms with van der Waals surface area (Å²) < 4.78 is 5.37. The van der Waals surface area contributed by atoms with Crippen molar-refractivity contribution in [3.05, 3.63) is 57.8 Å². The Hall–Kier alpha value is -2.46. The summed E-state index contributed by atoms with van der Waals surface area (Å²) in [7, 11) is 1.57. The number of hydrogen-bond acceptors (Lipinski definition) is 3. The van der Waals surface area contributed by atoms with Crippen LogP contribution in [0.5, 0.6) is 5.75 Å². The lowest BCUT2D eigenvalue weighted by Crippen LogP contribution is -2.13. The molecular formula is C16H13ClN2O2. The van der Waals surface area contributed by atoms with Crippen LogP contribution in [0.4, 0.5) is 5.69 Å². The Kier molecular flexibility index (Phi) is 3.31. The molecule has 0 aliphatic heterocycles. The van der Waals surface area contributed by atoms with E-state index in [1.165, 1.54) is 0 Å². The van der Waals surface area contributed by atoms with Crippen LogP contribution < -0.4 is 16.0 Å². The van der Waals surface area contributed by atoms with E-state index in [0.29, 0.717) is 27.4 Å². The molecule has 0 amide bonds. The number of anilines is 1. The van der Waals surface area contributed by atoms with E-state index in [1.54, 1.807) is 25.3 Å². The Morgan fingerprint density at radius 1 is 1.19 bits per heavy atom. The van der Waals surface area contributed by atoms with Gasteiger partial charge in [-0.15, -0.1) is 0 Å². The van der Waals surface area contributed by atoms with E-state index in [9.17, 15) is 4.79 Å². The zero-order chi connectivity index (χ0) is 15.0. The lowest BCUT2D eigenvalue weighted by Gasteiger charge is -2.13. The average Bonchev–Trinajstić information content (AvgIpc) is 2.48. The number of para-hydroxylation sites is 1. The van der Waals surface area contributed by atoms with Crippen molar-refractivity contribution in [2.45, 2.75) is 0 Å². The number of nitrogens with two attached hydrogens (primary N) is 1. The second-order valence-electron chi connectivity index (χ2n) is 4.63. The first-order chi connectivity index (χ1) is 10.1. The van der Waals surface area contributed by atoms with Crippen LogP contribution >= 0.6 is 11.6 Å². The van der Waals surface area contributed by atoms with Crippen LogP contribution in [-0.2, 0) is 0 Å². The van der Waals surface area contributed by atoms with Gasteiger partial charge in [0.05, 0.1) is 7.11 Å². The molecule has 3 N–H and O–H groups in total. The highest BCUT2D eigenvalue weighted by Gasteiger charge is 2.16. The monoisotopic (exact) mass is 300 g/mol. The summed E-state index contributed by atoms with van der Waals surface area (Å²) in [6.45, 7) is 0. The van der Waals surface area contributed by atoms with Crippen molar-refractivity contribution < 1.29 is 4.74 Å². The SMILES string of the molecule is COc1ccc(Cl)cc1-c1c(N)c(=O)[nH]c2ccccc12. The highest BCUT2D eigenvalue weighted by atomic mass is 35.5. The largest absolute Gasteiger partial charge is 0.496 e. The molecule has 0 bridgehead atoms. The predicted octanol–water partition coefficient (Wildman–Crippen LogP) is 3.44. The molecule has 1 heterocycles. The number of hydrogen-bond donors (Lipinski definition) is 2. The fourth-order valence-electron chi connectivity index (χ4n) is 2.42. The maximum Gasteiger partial charge on any atom is 0.272 e. The first kappa shape index (κ1) is 13.5. The molecule has 0 saturated carbocycles. The van der Waals surface area contributed by atoms with Crippen molar-refractivity contribution in [2.24, 2.45) is 0 Å². The van der Waals surface area contributed by atoms with E-state index in [4.69, 9.17) is 22.1 Å². The van der Waals surface area contributed by atoms with Gasteiger partial charge in [0.25, 0.3) is 5.56 Å². The molecule has 4 nitrogen and oxygen atoms in total. The first-order valence-corrected chi connectivity index (χ1v) is 6.74. The van der Waals surface area contributed by atoms with Crippen LogP contribution in [-0.4, -0.2) is 12.1 Å². The second kappa shape index (κ2) is 5.14. The maximum absolute atomic E-state index is 12.1. The predicted molar refractivity (Wildman–Crippen MR) is 86.0 cm³/mol. The minimum Gasteiger partial charge on any atom is -0.496 e. The molecule has 0 spiro atoms. The first-order valence-electron chi connectivity index (χ1n) is 6.36. The Labute approximate surface area is 126 Å². The molecule has 0 radical (unpaired) electrons. The molecule has 0 aliphatic rings. The smallest absolute Gasteiger partial charge is 0.272 e.